The van der Waals surface area contributed by atoms with Crippen LogP contribution in [0.4, 0.5) is 5.69 Å². The van der Waals surface area contributed by atoms with Gasteiger partial charge >= 0.3 is 11.9 Å². The summed E-state index contributed by atoms with van der Waals surface area (Å²) in [6.07, 6.45) is 0.994. The van der Waals surface area contributed by atoms with Gasteiger partial charge in [-0.25, -0.2) is 9.59 Å². The first-order valence-electron chi connectivity index (χ1n) is 6.19. The number of hydrogen-bond acceptors (Lipinski definition) is 6. The largest absolute Gasteiger partial charge is 0.506 e. The molecule has 2 N–H and O–H groups in total. The van der Waals surface area contributed by atoms with Crippen molar-refractivity contribution < 1.29 is 24.2 Å². The van der Waals surface area contributed by atoms with Crippen molar-refractivity contribution in [2.75, 3.05) is 18.5 Å². The van der Waals surface area contributed by atoms with E-state index >= 15 is 0 Å². The molecule has 20 heavy (non-hydrogen) atoms. The summed E-state index contributed by atoms with van der Waals surface area (Å²) in [5.41, 5.74) is 0.183. The number of ether oxygens (including phenoxy) is 2. The molecule has 0 aliphatic rings. The quantitative estimate of drug-likeness (QED) is 0.469. The number of benzene rings is 1. The van der Waals surface area contributed by atoms with Crippen LogP contribution >= 0.6 is 0 Å². The molecule has 0 atom stereocenters. The highest BCUT2D eigenvalue weighted by Crippen LogP contribution is 2.23. The smallest absolute Gasteiger partial charge is 0.355 e. The predicted octanol–water partition coefficient (Wildman–Crippen LogP) is 1.81. The standard InChI is InChI=1S/C14H17NO5/c1-3-19-13(17)9-11(14(18)20-4-2)15-10-7-5-6-8-12(10)16/h5-9,15-16H,3-4H2,1-2H3/b11-9+. The summed E-state index contributed by atoms with van der Waals surface area (Å²) < 4.78 is 9.58. The lowest BCUT2D eigenvalue weighted by Gasteiger charge is -2.11. The van der Waals surface area contributed by atoms with Crippen LogP contribution in [0.3, 0.4) is 0 Å². The number of nitrogens with one attached hydrogen (secondary N) is 1. The van der Waals surface area contributed by atoms with E-state index in [1.165, 1.54) is 6.07 Å². The minimum atomic E-state index is -0.705. The highest BCUT2D eigenvalue weighted by atomic mass is 16.5. The zero-order chi connectivity index (χ0) is 15.0. The van der Waals surface area contributed by atoms with Crippen molar-refractivity contribution in [3.8, 4) is 5.75 Å². The number of carbonyl (C=O) groups is 2. The van der Waals surface area contributed by atoms with Gasteiger partial charge in [0, 0.05) is 0 Å². The second-order valence-corrected chi connectivity index (χ2v) is 3.67. The van der Waals surface area contributed by atoms with Gasteiger partial charge in [-0.05, 0) is 26.0 Å². The van der Waals surface area contributed by atoms with Gasteiger partial charge in [-0.2, -0.15) is 0 Å². The Bertz CT molecular complexity index is 510. The number of carbonyl (C=O) groups excluding carboxylic acids is 2. The summed E-state index contributed by atoms with van der Waals surface area (Å²) in [5.74, 6) is -1.42. The Morgan fingerprint density at radius 2 is 1.85 bits per heavy atom. The van der Waals surface area contributed by atoms with Gasteiger partial charge in [0.2, 0.25) is 0 Å². The number of aromatic hydroxyl groups is 1. The van der Waals surface area contributed by atoms with Gasteiger partial charge in [0.25, 0.3) is 0 Å². The molecule has 1 aromatic carbocycles. The maximum absolute atomic E-state index is 11.8. The molecule has 6 nitrogen and oxygen atoms in total. The van der Waals surface area contributed by atoms with Crippen molar-refractivity contribution in [3.63, 3.8) is 0 Å². The number of hydrogen-bond donors (Lipinski definition) is 2. The molecule has 0 unspecified atom stereocenters. The number of para-hydroxylation sites is 2. The monoisotopic (exact) mass is 279 g/mol. The molecule has 0 aromatic heterocycles. The SMILES string of the molecule is CCOC(=O)/C=C(/Nc1ccccc1O)C(=O)OCC. The summed E-state index contributed by atoms with van der Waals surface area (Å²) in [6.45, 7) is 3.68. The van der Waals surface area contributed by atoms with Crippen LogP contribution in [-0.2, 0) is 19.1 Å². The molecule has 1 aromatic rings. The number of rotatable bonds is 6. The van der Waals surface area contributed by atoms with E-state index in [2.05, 4.69) is 5.32 Å². The van der Waals surface area contributed by atoms with E-state index in [1.807, 2.05) is 0 Å². The molecular formula is C14H17NO5. The Balaban J connectivity index is 2.96. The maximum atomic E-state index is 11.8. The van der Waals surface area contributed by atoms with Crippen molar-refractivity contribution in [3.05, 3.63) is 36.0 Å². The van der Waals surface area contributed by atoms with Crippen LogP contribution in [0, 0.1) is 0 Å². The van der Waals surface area contributed by atoms with E-state index in [0.29, 0.717) is 0 Å². The van der Waals surface area contributed by atoms with Crippen LogP contribution < -0.4 is 5.32 Å². The normalized spacial score (nSPS) is 10.8. The lowest BCUT2D eigenvalue weighted by Crippen LogP contribution is -2.17. The predicted molar refractivity (Wildman–Crippen MR) is 73.1 cm³/mol. The zero-order valence-electron chi connectivity index (χ0n) is 11.4. The summed E-state index contributed by atoms with van der Waals surface area (Å²) >= 11 is 0. The molecule has 0 radical (unpaired) electrons. The van der Waals surface area contributed by atoms with Gasteiger partial charge in [-0.15, -0.1) is 0 Å². The topological polar surface area (TPSA) is 84.9 Å². The molecule has 0 bridgehead atoms. The Kier molecular flexibility index (Phi) is 6.09. The summed E-state index contributed by atoms with van der Waals surface area (Å²) in [7, 11) is 0. The van der Waals surface area contributed by atoms with Gasteiger partial charge in [0.1, 0.15) is 11.4 Å². The zero-order valence-corrected chi connectivity index (χ0v) is 11.4. The van der Waals surface area contributed by atoms with Gasteiger partial charge in [0.05, 0.1) is 25.0 Å². The molecule has 0 spiro atoms. The first kappa shape index (κ1) is 15.6. The molecule has 1 rings (SSSR count). The minimum Gasteiger partial charge on any atom is -0.506 e. The third-order valence-electron chi connectivity index (χ3n) is 2.22. The number of anilines is 1. The first-order valence-corrected chi connectivity index (χ1v) is 6.19. The third kappa shape index (κ3) is 4.64. The van der Waals surface area contributed by atoms with Crippen molar-refractivity contribution in [2.24, 2.45) is 0 Å². The van der Waals surface area contributed by atoms with Crippen LogP contribution in [0.1, 0.15) is 13.8 Å². The van der Waals surface area contributed by atoms with E-state index in [4.69, 9.17) is 9.47 Å². The number of phenolic OH excluding ortho intramolecular Hbond substituents is 1. The fraction of sp³-hybridized carbons (Fsp3) is 0.286. The van der Waals surface area contributed by atoms with Crippen LogP contribution in [0.25, 0.3) is 0 Å². The Labute approximate surface area is 117 Å². The molecule has 0 heterocycles. The van der Waals surface area contributed by atoms with E-state index in [1.54, 1.807) is 32.0 Å². The van der Waals surface area contributed by atoms with Crippen LogP contribution in [0.15, 0.2) is 36.0 Å². The molecule has 108 valence electrons. The van der Waals surface area contributed by atoms with Gasteiger partial charge < -0.3 is 19.9 Å². The average molecular weight is 279 g/mol. The highest BCUT2D eigenvalue weighted by molar-refractivity contribution is 5.99. The average Bonchev–Trinajstić information content (AvgIpc) is 2.41. The molecular weight excluding hydrogens is 262 g/mol. The van der Waals surface area contributed by atoms with E-state index < -0.39 is 11.9 Å². The Hall–Kier alpha value is -2.50. The van der Waals surface area contributed by atoms with Crippen LogP contribution in [0.2, 0.25) is 0 Å². The van der Waals surface area contributed by atoms with E-state index in [0.717, 1.165) is 6.08 Å². The molecule has 0 aliphatic heterocycles. The van der Waals surface area contributed by atoms with Gasteiger partial charge in [-0.3, -0.25) is 0 Å². The molecule has 6 heteroatoms. The van der Waals surface area contributed by atoms with Crippen molar-refractivity contribution in [1.29, 1.82) is 0 Å². The van der Waals surface area contributed by atoms with Crippen molar-refractivity contribution in [1.82, 2.24) is 0 Å². The molecule has 0 saturated heterocycles. The number of esters is 2. The van der Waals surface area contributed by atoms with Crippen LogP contribution in [-0.4, -0.2) is 30.3 Å². The summed E-state index contributed by atoms with van der Waals surface area (Å²) in [5, 5.41) is 12.3. The summed E-state index contributed by atoms with van der Waals surface area (Å²) in [4.78, 5) is 23.2. The second-order valence-electron chi connectivity index (χ2n) is 3.67. The molecule has 0 amide bonds. The fourth-order valence-corrected chi connectivity index (χ4v) is 1.38. The number of phenols is 1. The van der Waals surface area contributed by atoms with Crippen molar-refractivity contribution in [2.45, 2.75) is 13.8 Å². The molecule has 0 fully saturated rings. The van der Waals surface area contributed by atoms with Crippen LogP contribution in [0.5, 0.6) is 5.75 Å². The molecule has 0 saturated carbocycles. The summed E-state index contributed by atoms with van der Waals surface area (Å²) in [6, 6.07) is 6.33. The maximum Gasteiger partial charge on any atom is 0.355 e. The first-order chi connectivity index (χ1) is 9.58. The third-order valence-corrected chi connectivity index (χ3v) is 2.22. The fourth-order valence-electron chi connectivity index (χ4n) is 1.38. The van der Waals surface area contributed by atoms with E-state index in [-0.39, 0.29) is 30.3 Å². The Morgan fingerprint density at radius 1 is 1.20 bits per heavy atom. The second kappa shape index (κ2) is 7.83. The van der Waals surface area contributed by atoms with Gasteiger partial charge in [-0.1, -0.05) is 12.1 Å². The van der Waals surface area contributed by atoms with E-state index in [9.17, 15) is 14.7 Å². The highest BCUT2D eigenvalue weighted by Gasteiger charge is 2.15. The molecule has 0 aliphatic carbocycles. The van der Waals surface area contributed by atoms with Gasteiger partial charge in [0.15, 0.2) is 0 Å². The van der Waals surface area contributed by atoms with Crippen molar-refractivity contribution >= 4 is 17.6 Å². The lowest BCUT2D eigenvalue weighted by molar-refractivity contribution is -0.140. The Morgan fingerprint density at radius 3 is 2.45 bits per heavy atom. The lowest BCUT2D eigenvalue weighted by atomic mass is 10.2. The minimum absolute atomic E-state index is 0.0495.